The van der Waals surface area contributed by atoms with Gasteiger partial charge < -0.3 is 19.9 Å². The third-order valence-electron chi connectivity index (χ3n) is 4.13. The molecule has 2 unspecified atom stereocenters. The number of halogens is 1. The molecule has 132 valence electrons. The highest BCUT2D eigenvalue weighted by molar-refractivity contribution is 14.0. The summed E-state index contributed by atoms with van der Waals surface area (Å²) < 4.78 is 7.55. The SMILES string of the molecule is CN=C(NCc1ccn(C)c1)NCC(C)N1CCOCC1C.I. The van der Waals surface area contributed by atoms with Crippen molar-refractivity contribution in [2.45, 2.75) is 32.5 Å². The summed E-state index contributed by atoms with van der Waals surface area (Å²) in [5.41, 5.74) is 1.25. The summed E-state index contributed by atoms with van der Waals surface area (Å²) >= 11 is 0. The molecule has 2 N–H and O–H groups in total. The highest BCUT2D eigenvalue weighted by atomic mass is 127. The summed E-state index contributed by atoms with van der Waals surface area (Å²) in [7, 11) is 3.84. The number of rotatable bonds is 5. The van der Waals surface area contributed by atoms with Gasteiger partial charge in [-0.3, -0.25) is 9.89 Å². The average molecular weight is 435 g/mol. The first-order chi connectivity index (χ1) is 10.6. The molecule has 0 aromatic carbocycles. The van der Waals surface area contributed by atoms with Crippen LogP contribution in [0.1, 0.15) is 19.4 Å². The second kappa shape index (κ2) is 10.1. The van der Waals surface area contributed by atoms with Crippen LogP contribution < -0.4 is 10.6 Å². The average Bonchev–Trinajstić information content (AvgIpc) is 2.93. The molecule has 2 heterocycles. The molecular weight excluding hydrogens is 405 g/mol. The van der Waals surface area contributed by atoms with Gasteiger partial charge in [0, 0.05) is 58.2 Å². The normalized spacial score (nSPS) is 20.7. The van der Waals surface area contributed by atoms with Crippen molar-refractivity contribution in [3.63, 3.8) is 0 Å². The lowest BCUT2D eigenvalue weighted by molar-refractivity contribution is -0.0174. The fourth-order valence-corrected chi connectivity index (χ4v) is 2.83. The zero-order chi connectivity index (χ0) is 15.9. The van der Waals surface area contributed by atoms with Gasteiger partial charge in [-0.15, -0.1) is 24.0 Å². The largest absolute Gasteiger partial charge is 0.379 e. The predicted octanol–water partition coefficient (Wildman–Crippen LogP) is 1.42. The van der Waals surface area contributed by atoms with Crippen molar-refractivity contribution in [3.05, 3.63) is 24.0 Å². The van der Waals surface area contributed by atoms with E-state index in [1.54, 1.807) is 0 Å². The van der Waals surface area contributed by atoms with E-state index in [0.29, 0.717) is 12.1 Å². The maximum Gasteiger partial charge on any atom is 0.191 e. The van der Waals surface area contributed by atoms with Crippen LogP contribution in [0.5, 0.6) is 0 Å². The maximum absolute atomic E-state index is 5.50. The van der Waals surface area contributed by atoms with Gasteiger partial charge in [0.2, 0.25) is 0 Å². The highest BCUT2D eigenvalue weighted by Crippen LogP contribution is 2.10. The van der Waals surface area contributed by atoms with Crippen LogP contribution in [0, 0.1) is 0 Å². The van der Waals surface area contributed by atoms with Crippen molar-refractivity contribution < 1.29 is 4.74 Å². The lowest BCUT2D eigenvalue weighted by atomic mass is 10.2. The Labute approximate surface area is 156 Å². The highest BCUT2D eigenvalue weighted by Gasteiger charge is 2.23. The molecule has 23 heavy (non-hydrogen) atoms. The van der Waals surface area contributed by atoms with Crippen molar-refractivity contribution in [1.82, 2.24) is 20.1 Å². The molecular formula is C16H30IN5O. The second-order valence-electron chi connectivity index (χ2n) is 6.00. The van der Waals surface area contributed by atoms with Crippen LogP contribution in [0.4, 0.5) is 0 Å². The fourth-order valence-electron chi connectivity index (χ4n) is 2.83. The van der Waals surface area contributed by atoms with Crippen LogP contribution in [-0.2, 0) is 18.3 Å². The minimum absolute atomic E-state index is 0. The fraction of sp³-hybridized carbons (Fsp3) is 0.688. The Hall–Kier alpha value is -0.800. The minimum Gasteiger partial charge on any atom is -0.379 e. The molecule has 1 aliphatic rings. The molecule has 6 nitrogen and oxygen atoms in total. The topological polar surface area (TPSA) is 53.8 Å². The van der Waals surface area contributed by atoms with Gasteiger partial charge in [0.25, 0.3) is 0 Å². The van der Waals surface area contributed by atoms with Gasteiger partial charge in [-0.2, -0.15) is 0 Å². The molecule has 1 aliphatic heterocycles. The monoisotopic (exact) mass is 435 g/mol. The quantitative estimate of drug-likeness (QED) is 0.418. The van der Waals surface area contributed by atoms with Crippen LogP contribution >= 0.6 is 24.0 Å². The number of aliphatic imine (C=N–C) groups is 1. The molecule has 0 aliphatic carbocycles. The Balaban J connectivity index is 0.00000264. The summed E-state index contributed by atoms with van der Waals surface area (Å²) in [6.07, 6.45) is 4.16. The Morgan fingerprint density at radius 3 is 2.87 bits per heavy atom. The van der Waals surface area contributed by atoms with Crippen molar-refractivity contribution in [2.75, 3.05) is 33.4 Å². The van der Waals surface area contributed by atoms with Crippen LogP contribution in [-0.4, -0.2) is 60.9 Å². The van der Waals surface area contributed by atoms with E-state index < -0.39 is 0 Å². The van der Waals surface area contributed by atoms with Crippen molar-refractivity contribution in [3.8, 4) is 0 Å². The molecule has 2 rings (SSSR count). The van der Waals surface area contributed by atoms with Gasteiger partial charge in [0.1, 0.15) is 0 Å². The maximum atomic E-state index is 5.50. The standard InChI is InChI=1S/C16H29N5O.HI/c1-13(21-7-8-22-12-14(21)2)9-18-16(17-3)19-10-15-5-6-20(4)11-15;/h5-6,11,13-14H,7-10,12H2,1-4H3,(H2,17,18,19);1H. The van der Waals surface area contributed by atoms with Gasteiger partial charge >= 0.3 is 0 Å². The molecule has 2 atom stereocenters. The van der Waals surface area contributed by atoms with E-state index in [0.717, 1.165) is 38.8 Å². The molecule has 0 amide bonds. The number of ether oxygens (including phenoxy) is 1. The zero-order valence-electron chi connectivity index (χ0n) is 14.6. The molecule has 0 radical (unpaired) electrons. The van der Waals surface area contributed by atoms with Gasteiger partial charge in [-0.25, -0.2) is 0 Å². The molecule has 0 saturated carbocycles. The number of nitrogens with zero attached hydrogens (tertiary/aromatic N) is 3. The Morgan fingerprint density at radius 2 is 2.26 bits per heavy atom. The first kappa shape index (κ1) is 20.2. The smallest absolute Gasteiger partial charge is 0.191 e. The second-order valence-corrected chi connectivity index (χ2v) is 6.00. The predicted molar refractivity (Wildman–Crippen MR) is 105 cm³/mol. The van der Waals surface area contributed by atoms with E-state index in [1.807, 2.05) is 14.1 Å². The minimum atomic E-state index is 0. The van der Waals surface area contributed by atoms with Crippen LogP contribution in [0.2, 0.25) is 0 Å². The number of aryl methyl sites for hydroxylation is 1. The third-order valence-corrected chi connectivity index (χ3v) is 4.13. The van der Waals surface area contributed by atoms with Crippen molar-refractivity contribution in [2.24, 2.45) is 12.0 Å². The third kappa shape index (κ3) is 6.31. The molecule has 0 spiro atoms. The molecule has 1 aromatic rings. The number of hydrogen-bond acceptors (Lipinski definition) is 3. The van der Waals surface area contributed by atoms with Gasteiger partial charge in [0.15, 0.2) is 5.96 Å². The summed E-state index contributed by atoms with van der Waals surface area (Å²) in [5.74, 6) is 0.844. The number of hydrogen-bond donors (Lipinski definition) is 2. The van der Waals surface area contributed by atoms with E-state index in [9.17, 15) is 0 Å². The number of nitrogens with one attached hydrogen (secondary N) is 2. The summed E-state index contributed by atoms with van der Waals surface area (Å²) in [6.45, 7) is 8.78. The molecule has 0 bridgehead atoms. The van der Waals surface area contributed by atoms with E-state index in [4.69, 9.17) is 4.74 Å². The number of guanidine groups is 1. The van der Waals surface area contributed by atoms with Gasteiger partial charge in [-0.1, -0.05) is 0 Å². The van der Waals surface area contributed by atoms with Crippen LogP contribution in [0.15, 0.2) is 23.5 Å². The van der Waals surface area contributed by atoms with E-state index >= 15 is 0 Å². The molecule has 1 aromatic heterocycles. The summed E-state index contributed by atoms with van der Waals surface area (Å²) in [4.78, 5) is 6.78. The Morgan fingerprint density at radius 1 is 1.48 bits per heavy atom. The number of aromatic nitrogens is 1. The lowest BCUT2D eigenvalue weighted by Gasteiger charge is -2.38. The number of morpholine rings is 1. The molecule has 1 saturated heterocycles. The Bertz CT molecular complexity index is 491. The Kier molecular flexibility index (Phi) is 8.93. The van der Waals surface area contributed by atoms with Gasteiger partial charge in [0.05, 0.1) is 13.2 Å². The van der Waals surface area contributed by atoms with Crippen molar-refractivity contribution in [1.29, 1.82) is 0 Å². The first-order valence-electron chi connectivity index (χ1n) is 7.99. The van der Waals surface area contributed by atoms with E-state index in [1.165, 1.54) is 5.56 Å². The van der Waals surface area contributed by atoms with E-state index in [-0.39, 0.29) is 24.0 Å². The summed E-state index contributed by atoms with van der Waals surface area (Å²) in [5, 5.41) is 6.76. The summed E-state index contributed by atoms with van der Waals surface area (Å²) in [6, 6.07) is 3.04. The zero-order valence-corrected chi connectivity index (χ0v) is 16.9. The van der Waals surface area contributed by atoms with Crippen LogP contribution in [0.3, 0.4) is 0 Å². The van der Waals surface area contributed by atoms with E-state index in [2.05, 4.69) is 57.4 Å². The van der Waals surface area contributed by atoms with Crippen LogP contribution in [0.25, 0.3) is 0 Å². The molecule has 1 fully saturated rings. The molecule has 7 heteroatoms. The van der Waals surface area contributed by atoms with Crippen molar-refractivity contribution >= 4 is 29.9 Å². The van der Waals surface area contributed by atoms with Gasteiger partial charge in [-0.05, 0) is 25.5 Å². The lowest BCUT2D eigenvalue weighted by Crippen LogP contribution is -2.52. The first-order valence-corrected chi connectivity index (χ1v) is 7.99.